The van der Waals surface area contributed by atoms with Gasteiger partial charge in [0.2, 0.25) is 10.0 Å². The van der Waals surface area contributed by atoms with Crippen LogP contribution in [0.3, 0.4) is 0 Å². The number of aryl methyl sites for hydroxylation is 1. The van der Waals surface area contributed by atoms with E-state index in [0.717, 1.165) is 14.8 Å². The van der Waals surface area contributed by atoms with Gasteiger partial charge in [-0.15, -0.1) is 0 Å². The van der Waals surface area contributed by atoms with E-state index in [-0.39, 0.29) is 18.8 Å². The second-order valence-electron chi connectivity index (χ2n) is 7.03. The lowest BCUT2D eigenvalue weighted by atomic mass is 10.0. The van der Waals surface area contributed by atoms with Crippen LogP contribution < -0.4 is 4.74 Å². The van der Waals surface area contributed by atoms with Gasteiger partial charge in [0.05, 0.1) is 11.8 Å². The van der Waals surface area contributed by atoms with Crippen molar-refractivity contribution in [2.45, 2.75) is 43.9 Å². The van der Waals surface area contributed by atoms with Crippen molar-refractivity contribution in [3.8, 4) is 5.75 Å². The molecule has 1 unspecified atom stereocenters. The van der Waals surface area contributed by atoms with E-state index in [2.05, 4.69) is 0 Å². The van der Waals surface area contributed by atoms with Gasteiger partial charge in [0.1, 0.15) is 5.75 Å². The first kappa shape index (κ1) is 19.0. The second-order valence-corrected chi connectivity index (χ2v) is 9.33. The number of hydrogen-bond donors (Lipinski definition) is 0. The fourth-order valence-electron chi connectivity index (χ4n) is 3.38. The largest absolute Gasteiger partial charge is 0.415 e. The van der Waals surface area contributed by atoms with Gasteiger partial charge in [-0.1, -0.05) is 17.7 Å². The highest BCUT2D eigenvalue weighted by molar-refractivity contribution is 7.90. The van der Waals surface area contributed by atoms with Gasteiger partial charge in [-0.2, -0.15) is 4.31 Å². The van der Waals surface area contributed by atoms with Crippen LogP contribution in [-0.2, 0) is 10.0 Å². The lowest BCUT2D eigenvalue weighted by Crippen LogP contribution is -2.57. The normalized spacial score (nSPS) is 28.1. The number of hydrogen-bond acceptors (Lipinski definition) is 4. The van der Waals surface area contributed by atoms with Crippen molar-refractivity contribution in [2.24, 2.45) is 0 Å². The average Bonchev–Trinajstić information content (AvgIpc) is 2.81. The molecule has 0 aromatic heterocycles. The van der Waals surface area contributed by atoms with Crippen LogP contribution in [-0.4, -0.2) is 60.6 Å². The van der Waals surface area contributed by atoms with E-state index in [4.69, 9.17) is 4.74 Å². The molecule has 2 heterocycles. The molecule has 2 saturated heterocycles. The van der Waals surface area contributed by atoms with Gasteiger partial charge in [-0.3, -0.25) is 0 Å². The van der Waals surface area contributed by atoms with Crippen LogP contribution >= 0.6 is 0 Å². The minimum absolute atomic E-state index is 0.105. The smallest absolute Gasteiger partial charge is 0.410 e. The van der Waals surface area contributed by atoms with Gasteiger partial charge < -0.3 is 9.64 Å². The quantitative estimate of drug-likeness (QED) is 0.781. The zero-order valence-corrected chi connectivity index (χ0v) is 15.5. The molecule has 2 aliphatic heterocycles. The summed E-state index contributed by atoms with van der Waals surface area (Å²) in [5, 5.41) is -0.592. The van der Waals surface area contributed by atoms with Gasteiger partial charge >= 0.3 is 6.09 Å². The number of alkyl halides is 2. The van der Waals surface area contributed by atoms with Crippen molar-refractivity contribution in [2.75, 3.05) is 19.6 Å². The van der Waals surface area contributed by atoms with E-state index in [9.17, 15) is 22.0 Å². The molecule has 2 fully saturated rings. The van der Waals surface area contributed by atoms with Crippen LogP contribution in [0.2, 0.25) is 0 Å². The van der Waals surface area contributed by atoms with Gasteiger partial charge in [-0.05, 0) is 32.4 Å². The molecule has 9 heteroatoms. The Morgan fingerprint density at radius 2 is 1.92 bits per heavy atom. The molecule has 0 bridgehead atoms. The first-order valence-corrected chi connectivity index (χ1v) is 10.0. The summed E-state index contributed by atoms with van der Waals surface area (Å²) in [5.74, 6) is -2.91. The van der Waals surface area contributed by atoms with E-state index in [1.54, 1.807) is 31.2 Å². The Kier molecular flexibility index (Phi) is 4.96. The zero-order valence-electron chi connectivity index (χ0n) is 14.7. The van der Waals surface area contributed by atoms with E-state index in [1.807, 2.05) is 6.92 Å². The molecule has 1 amide bonds. The molecular formula is C17H22F2N2O4S. The number of amides is 1. The summed E-state index contributed by atoms with van der Waals surface area (Å²) < 4.78 is 59.4. The molecule has 2 atom stereocenters. The van der Waals surface area contributed by atoms with E-state index in [0.29, 0.717) is 6.42 Å². The molecule has 1 aromatic rings. The van der Waals surface area contributed by atoms with Crippen LogP contribution in [0.4, 0.5) is 13.6 Å². The van der Waals surface area contributed by atoms with Crippen LogP contribution in [0, 0.1) is 6.92 Å². The third kappa shape index (κ3) is 3.83. The van der Waals surface area contributed by atoms with Crippen LogP contribution in [0.15, 0.2) is 24.3 Å². The molecule has 1 aromatic carbocycles. The Hall–Kier alpha value is -1.74. The minimum atomic E-state index is -3.61. The fraction of sp³-hybridized carbons (Fsp3) is 0.588. The number of piperidine rings is 1. The summed E-state index contributed by atoms with van der Waals surface area (Å²) in [4.78, 5) is 13.2. The summed E-state index contributed by atoms with van der Waals surface area (Å²) >= 11 is 0. The zero-order chi connectivity index (χ0) is 19.1. The number of benzene rings is 1. The molecule has 3 rings (SSSR count). The van der Waals surface area contributed by atoms with Crippen LogP contribution in [0.1, 0.15) is 25.3 Å². The monoisotopic (exact) mass is 388 g/mol. The third-order valence-corrected chi connectivity index (χ3v) is 7.26. The van der Waals surface area contributed by atoms with E-state index in [1.165, 1.54) is 0 Å². The Balaban J connectivity index is 1.75. The maximum atomic E-state index is 14.2. The minimum Gasteiger partial charge on any atom is -0.410 e. The van der Waals surface area contributed by atoms with Gasteiger partial charge in [0.15, 0.2) is 0 Å². The van der Waals surface area contributed by atoms with Crippen LogP contribution in [0.5, 0.6) is 5.75 Å². The summed E-state index contributed by atoms with van der Waals surface area (Å²) in [6, 6.07) is 5.71. The van der Waals surface area contributed by atoms with E-state index < -0.39 is 46.3 Å². The van der Waals surface area contributed by atoms with E-state index >= 15 is 0 Å². The molecule has 2 aliphatic rings. The fourth-order valence-corrected chi connectivity index (χ4v) is 5.16. The Bertz CT molecular complexity index is 782. The highest BCUT2D eigenvalue weighted by Gasteiger charge is 2.49. The number of carbonyl (C=O) groups excluding carboxylic acids is 1. The summed E-state index contributed by atoms with van der Waals surface area (Å²) in [5.41, 5.74) is 0.975. The second kappa shape index (κ2) is 6.77. The van der Waals surface area contributed by atoms with Crippen molar-refractivity contribution < 1.29 is 26.7 Å². The van der Waals surface area contributed by atoms with Gasteiger partial charge in [0.25, 0.3) is 5.92 Å². The molecule has 0 N–H and O–H groups in total. The van der Waals surface area contributed by atoms with Gasteiger partial charge in [0, 0.05) is 25.6 Å². The van der Waals surface area contributed by atoms with Crippen molar-refractivity contribution in [1.82, 2.24) is 9.21 Å². The summed E-state index contributed by atoms with van der Waals surface area (Å²) in [6.07, 6.45) is -1.09. The maximum Gasteiger partial charge on any atom is 0.415 e. The summed E-state index contributed by atoms with van der Waals surface area (Å²) in [7, 11) is -3.61. The highest BCUT2D eigenvalue weighted by atomic mass is 32.2. The lowest BCUT2D eigenvalue weighted by Gasteiger charge is -2.40. The molecule has 0 saturated carbocycles. The first-order chi connectivity index (χ1) is 12.1. The number of rotatable bonds is 2. The van der Waals surface area contributed by atoms with Crippen molar-refractivity contribution in [1.29, 1.82) is 0 Å². The predicted octanol–water partition coefficient (Wildman–Crippen LogP) is 2.63. The lowest BCUT2D eigenvalue weighted by molar-refractivity contribution is -0.0760. The third-order valence-electron chi connectivity index (χ3n) is 4.87. The molecule has 0 radical (unpaired) electrons. The molecule has 6 nitrogen and oxygen atoms in total. The van der Waals surface area contributed by atoms with Crippen molar-refractivity contribution in [3.63, 3.8) is 0 Å². The highest BCUT2D eigenvalue weighted by Crippen LogP contribution is 2.34. The first-order valence-electron chi connectivity index (χ1n) is 8.50. The Morgan fingerprint density at radius 3 is 2.50 bits per heavy atom. The number of halogens is 2. The van der Waals surface area contributed by atoms with Crippen molar-refractivity contribution in [3.05, 3.63) is 29.8 Å². The molecule has 26 heavy (non-hydrogen) atoms. The molecular weight excluding hydrogens is 366 g/mol. The average molecular weight is 388 g/mol. The maximum absolute atomic E-state index is 14.2. The van der Waals surface area contributed by atoms with Crippen molar-refractivity contribution >= 4 is 16.1 Å². The molecule has 0 aliphatic carbocycles. The number of nitrogens with zero attached hydrogens (tertiary/aromatic N) is 2. The number of ether oxygens (including phenoxy) is 1. The predicted molar refractivity (Wildman–Crippen MR) is 91.8 cm³/mol. The Morgan fingerprint density at radius 1 is 1.27 bits per heavy atom. The summed E-state index contributed by atoms with van der Waals surface area (Å²) in [6.45, 7) is 2.76. The standard InChI is InChI=1S/C17H22F2N2O4S/c1-12-3-5-15(6-4-12)25-16(22)20-10-14(9-17(18,19)11-20)21-8-7-13(2)26(21,23)24/h3-6,13-14H,7-11H2,1-2H3/t13-,14?/m1/s1. The van der Waals surface area contributed by atoms with Crippen LogP contribution in [0.25, 0.3) is 0 Å². The Labute approximate surface area is 151 Å². The SMILES string of the molecule is Cc1ccc(OC(=O)N2CC(N3CC[C@@H](C)S3(=O)=O)CC(F)(F)C2)cc1. The topological polar surface area (TPSA) is 66.9 Å². The molecule has 144 valence electrons. The number of likely N-dealkylation sites (tertiary alicyclic amines) is 1. The number of sulfonamides is 1. The van der Waals surface area contributed by atoms with Gasteiger partial charge in [-0.25, -0.2) is 22.0 Å². The number of carbonyl (C=O) groups is 1. The molecule has 0 spiro atoms.